The number of anilines is 3. The first kappa shape index (κ1) is 17.1. The van der Waals surface area contributed by atoms with Gasteiger partial charge in [-0.3, -0.25) is 0 Å². The molecule has 0 radical (unpaired) electrons. The molecule has 2 fully saturated rings. The average molecular weight is 359 g/mol. The fourth-order valence-electron chi connectivity index (χ4n) is 4.10. The first-order valence-electron chi connectivity index (χ1n) is 9.35. The summed E-state index contributed by atoms with van der Waals surface area (Å²) in [6.45, 7) is 5.47. The van der Waals surface area contributed by atoms with Crippen LogP contribution >= 0.6 is 0 Å². The summed E-state index contributed by atoms with van der Waals surface area (Å²) in [6.07, 6.45) is 4.89. The van der Waals surface area contributed by atoms with Gasteiger partial charge >= 0.3 is 0 Å². The van der Waals surface area contributed by atoms with E-state index in [1.54, 1.807) is 12.1 Å². The van der Waals surface area contributed by atoms with Crippen LogP contribution in [0.15, 0.2) is 18.2 Å². The Hall–Kier alpha value is -2.35. The van der Waals surface area contributed by atoms with E-state index in [1.165, 1.54) is 43.2 Å². The average Bonchev–Trinajstić information content (AvgIpc) is 3.25. The third kappa shape index (κ3) is 3.46. The van der Waals surface area contributed by atoms with Crippen LogP contribution in [0.25, 0.3) is 5.69 Å². The van der Waals surface area contributed by atoms with E-state index in [-0.39, 0.29) is 17.7 Å². The topological polar surface area (TPSA) is 89.2 Å². The van der Waals surface area contributed by atoms with E-state index in [2.05, 4.69) is 19.9 Å². The first-order valence-corrected chi connectivity index (χ1v) is 9.35. The fraction of sp³-hybridized carbons (Fsp3) is 0.556. The summed E-state index contributed by atoms with van der Waals surface area (Å²) in [5.74, 6) is 0.683. The zero-order chi connectivity index (χ0) is 18.1. The van der Waals surface area contributed by atoms with Crippen molar-refractivity contribution >= 4 is 17.6 Å². The molecule has 2 aliphatic rings. The van der Waals surface area contributed by atoms with Crippen LogP contribution in [-0.4, -0.2) is 52.4 Å². The largest absolute Gasteiger partial charge is 0.369 e. The SMILES string of the molecule is Nc1nc(N)n(-c2ccc(N3CCC(CN4CCCC4)CC3)c(F)c2)n1. The Labute approximate surface area is 152 Å². The standard InChI is InChI=1S/C18H26FN7/c19-15-11-14(26-18(21)22-17(20)23-26)3-4-16(15)25-9-5-13(6-10-25)12-24-7-1-2-8-24/h3-4,11,13H,1-2,5-10,12H2,(H4,20,21,22,23). The van der Waals surface area contributed by atoms with Crippen molar-refractivity contribution in [2.45, 2.75) is 25.7 Å². The highest BCUT2D eigenvalue weighted by atomic mass is 19.1. The number of benzene rings is 1. The molecule has 0 amide bonds. The van der Waals surface area contributed by atoms with Gasteiger partial charge in [0, 0.05) is 25.7 Å². The Balaban J connectivity index is 1.41. The van der Waals surface area contributed by atoms with E-state index >= 15 is 0 Å². The van der Waals surface area contributed by atoms with Crippen molar-refractivity contribution in [3.8, 4) is 5.69 Å². The van der Waals surface area contributed by atoms with Gasteiger partial charge in [0.05, 0.1) is 11.4 Å². The maximum absolute atomic E-state index is 14.7. The normalized spacial score (nSPS) is 19.3. The van der Waals surface area contributed by atoms with Crippen molar-refractivity contribution in [2.24, 2.45) is 5.92 Å². The molecule has 0 atom stereocenters. The van der Waals surface area contributed by atoms with Crippen molar-refractivity contribution in [1.82, 2.24) is 19.7 Å². The number of hydrogen-bond acceptors (Lipinski definition) is 6. The van der Waals surface area contributed by atoms with Crippen LogP contribution in [-0.2, 0) is 0 Å². The predicted molar refractivity (Wildman–Crippen MR) is 101 cm³/mol. The van der Waals surface area contributed by atoms with Crippen LogP contribution in [0, 0.1) is 11.7 Å². The lowest BCUT2D eigenvalue weighted by molar-refractivity contribution is 0.249. The molecule has 140 valence electrons. The molecular weight excluding hydrogens is 333 g/mol. The summed E-state index contributed by atoms with van der Waals surface area (Å²) in [7, 11) is 0. The van der Waals surface area contributed by atoms with E-state index in [9.17, 15) is 4.39 Å². The highest BCUT2D eigenvalue weighted by molar-refractivity contribution is 5.54. The molecule has 2 aromatic rings. The number of nitrogen functional groups attached to an aromatic ring is 2. The second kappa shape index (κ2) is 7.11. The number of halogens is 1. The summed E-state index contributed by atoms with van der Waals surface area (Å²) >= 11 is 0. The van der Waals surface area contributed by atoms with Gasteiger partial charge in [0.15, 0.2) is 0 Å². The molecule has 2 saturated heterocycles. The highest BCUT2D eigenvalue weighted by Crippen LogP contribution is 2.28. The lowest BCUT2D eigenvalue weighted by Crippen LogP contribution is -2.38. The van der Waals surface area contributed by atoms with E-state index in [1.807, 2.05) is 0 Å². The van der Waals surface area contributed by atoms with E-state index < -0.39 is 0 Å². The molecule has 1 aromatic heterocycles. The van der Waals surface area contributed by atoms with Gasteiger partial charge in [0.2, 0.25) is 11.9 Å². The number of nitrogens with two attached hydrogens (primary N) is 2. The predicted octanol–water partition coefficient (Wildman–Crippen LogP) is 1.88. The quantitative estimate of drug-likeness (QED) is 0.866. The molecule has 2 aliphatic heterocycles. The first-order chi connectivity index (χ1) is 12.6. The second-order valence-electron chi connectivity index (χ2n) is 7.31. The molecule has 1 aromatic carbocycles. The lowest BCUT2D eigenvalue weighted by Gasteiger charge is -2.35. The van der Waals surface area contributed by atoms with E-state index in [4.69, 9.17) is 11.5 Å². The molecule has 4 rings (SSSR count). The third-order valence-corrected chi connectivity index (χ3v) is 5.49. The Morgan fingerprint density at radius 3 is 2.42 bits per heavy atom. The van der Waals surface area contributed by atoms with Crippen LogP contribution in [0.2, 0.25) is 0 Å². The van der Waals surface area contributed by atoms with Gasteiger partial charge in [0.25, 0.3) is 0 Å². The number of piperidine rings is 1. The number of hydrogen-bond donors (Lipinski definition) is 2. The molecule has 0 spiro atoms. The zero-order valence-electron chi connectivity index (χ0n) is 14.9. The fourth-order valence-corrected chi connectivity index (χ4v) is 4.10. The van der Waals surface area contributed by atoms with Gasteiger partial charge < -0.3 is 21.3 Å². The van der Waals surface area contributed by atoms with Crippen LogP contribution in [0.5, 0.6) is 0 Å². The monoisotopic (exact) mass is 359 g/mol. The van der Waals surface area contributed by atoms with Gasteiger partial charge in [-0.05, 0) is 56.8 Å². The molecule has 0 aliphatic carbocycles. The minimum atomic E-state index is -0.269. The van der Waals surface area contributed by atoms with Crippen molar-refractivity contribution in [3.63, 3.8) is 0 Å². The minimum Gasteiger partial charge on any atom is -0.369 e. The summed E-state index contributed by atoms with van der Waals surface area (Å²) in [4.78, 5) is 8.56. The maximum Gasteiger partial charge on any atom is 0.241 e. The Kier molecular flexibility index (Phi) is 4.67. The van der Waals surface area contributed by atoms with Crippen LogP contribution in [0.1, 0.15) is 25.7 Å². The molecule has 4 N–H and O–H groups in total. The van der Waals surface area contributed by atoms with Crippen molar-refractivity contribution < 1.29 is 4.39 Å². The van der Waals surface area contributed by atoms with Gasteiger partial charge in [-0.25, -0.2) is 4.39 Å². The second-order valence-corrected chi connectivity index (χ2v) is 7.31. The molecule has 0 unspecified atom stereocenters. The number of nitrogens with zero attached hydrogens (tertiary/aromatic N) is 5. The number of likely N-dealkylation sites (tertiary alicyclic amines) is 1. The van der Waals surface area contributed by atoms with Crippen molar-refractivity contribution in [2.75, 3.05) is 49.1 Å². The van der Waals surface area contributed by atoms with Gasteiger partial charge in [0.1, 0.15) is 5.82 Å². The Bertz CT molecular complexity index is 761. The summed E-state index contributed by atoms with van der Waals surface area (Å²) in [6, 6.07) is 5.04. The lowest BCUT2D eigenvalue weighted by atomic mass is 9.96. The van der Waals surface area contributed by atoms with Crippen LogP contribution in [0.4, 0.5) is 22.0 Å². The van der Waals surface area contributed by atoms with Crippen molar-refractivity contribution in [3.05, 3.63) is 24.0 Å². The summed E-state index contributed by atoms with van der Waals surface area (Å²) in [5.41, 5.74) is 12.5. The summed E-state index contributed by atoms with van der Waals surface area (Å²) in [5, 5.41) is 4.00. The zero-order valence-corrected chi connectivity index (χ0v) is 14.9. The molecule has 3 heterocycles. The van der Waals surface area contributed by atoms with Crippen molar-refractivity contribution in [1.29, 1.82) is 0 Å². The van der Waals surface area contributed by atoms with Crippen LogP contribution < -0.4 is 16.4 Å². The molecule has 8 heteroatoms. The molecule has 0 saturated carbocycles. The van der Waals surface area contributed by atoms with Gasteiger partial charge in [-0.2, -0.15) is 9.67 Å². The highest BCUT2D eigenvalue weighted by Gasteiger charge is 2.24. The van der Waals surface area contributed by atoms with Gasteiger partial charge in [-0.15, -0.1) is 5.10 Å². The maximum atomic E-state index is 14.7. The Morgan fingerprint density at radius 1 is 1.08 bits per heavy atom. The number of rotatable bonds is 4. The molecule has 26 heavy (non-hydrogen) atoms. The van der Waals surface area contributed by atoms with E-state index in [0.717, 1.165) is 31.8 Å². The van der Waals surface area contributed by atoms with E-state index in [0.29, 0.717) is 11.4 Å². The Morgan fingerprint density at radius 2 is 1.81 bits per heavy atom. The molecular formula is C18H26FN7. The van der Waals surface area contributed by atoms with Crippen LogP contribution in [0.3, 0.4) is 0 Å². The molecule has 7 nitrogen and oxygen atoms in total. The smallest absolute Gasteiger partial charge is 0.241 e. The third-order valence-electron chi connectivity index (χ3n) is 5.49. The minimum absolute atomic E-state index is 0.0760. The number of aromatic nitrogens is 3. The van der Waals surface area contributed by atoms with Gasteiger partial charge in [-0.1, -0.05) is 0 Å². The summed E-state index contributed by atoms with van der Waals surface area (Å²) < 4.78 is 16.1. The molecule has 0 bridgehead atoms.